The van der Waals surface area contributed by atoms with Gasteiger partial charge in [0.1, 0.15) is 0 Å². The fourth-order valence-corrected chi connectivity index (χ4v) is 6.58. The predicted molar refractivity (Wildman–Crippen MR) is 162 cm³/mol. The van der Waals surface area contributed by atoms with Gasteiger partial charge in [0.25, 0.3) is 5.91 Å². The van der Waals surface area contributed by atoms with Crippen molar-refractivity contribution in [2.45, 2.75) is 57.2 Å². The number of aromatic nitrogens is 1. The van der Waals surface area contributed by atoms with Gasteiger partial charge in [-0.1, -0.05) is 36.4 Å². The van der Waals surface area contributed by atoms with E-state index in [2.05, 4.69) is 6.07 Å². The molecule has 42 heavy (non-hydrogen) atoms. The van der Waals surface area contributed by atoms with Gasteiger partial charge in [0.05, 0.1) is 40.0 Å². The maximum atomic E-state index is 13.9. The van der Waals surface area contributed by atoms with E-state index in [-0.39, 0.29) is 19.0 Å². The Morgan fingerprint density at radius 3 is 2.14 bits per heavy atom. The zero-order valence-electron chi connectivity index (χ0n) is 24.7. The lowest BCUT2D eigenvalue weighted by atomic mass is 9.78. The SMILES string of the molecule is CC1(C)OB(c2ccc3c(-c4ccc(C5(C#N)CC5)cc4)c(C(=O)N4CCN(S(C)(=O)=O)CC4)cnc3c2)OC1(C)C. The minimum Gasteiger partial charge on any atom is -0.399 e. The third-order valence-electron chi connectivity index (χ3n) is 9.33. The minimum atomic E-state index is -3.32. The molecule has 218 valence electrons. The highest BCUT2D eigenvalue weighted by Crippen LogP contribution is 2.48. The summed E-state index contributed by atoms with van der Waals surface area (Å²) in [5.74, 6) is -0.192. The van der Waals surface area contributed by atoms with E-state index in [1.54, 1.807) is 11.1 Å². The van der Waals surface area contributed by atoms with Crippen molar-refractivity contribution in [2.75, 3.05) is 32.4 Å². The zero-order valence-corrected chi connectivity index (χ0v) is 25.5. The molecule has 9 nitrogen and oxygen atoms in total. The number of amides is 1. The summed E-state index contributed by atoms with van der Waals surface area (Å²) in [7, 11) is -3.86. The number of hydrogen-bond acceptors (Lipinski definition) is 7. The number of nitrogens with zero attached hydrogens (tertiary/aromatic N) is 4. The van der Waals surface area contributed by atoms with Crippen LogP contribution in [0.25, 0.3) is 22.0 Å². The van der Waals surface area contributed by atoms with Crippen LogP contribution in [-0.2, 0) is 24.7 Å². The Morgan fingerprint density at radius 1 is 0.976 bits per heavy atom. The molecule has 11 heteroatoms. The Labute approximate surface area is 247 Å². The summed E-state index contributed by atoms with van der Waals surface area (Å²) < 4.78 is 38.0. The topological polar surface area (TPSA) is 113 Å². The van der Waals surface area contributed by atoms with Crippen molar-refractivity contribution in [2.24, 2.45) is 0 Å². The van der Waals surface area contributed by atoms with Crippen LogP contribution in [0.3, 0.4) is 0 Å². The number of sulfonamides is 1. The second-order valence-corrected chi connectivity index (χ2v) is 14.6. The minimum absolute atomic E-state index is 0.192. The first-order valence-corrected chi connectivity index (χ1v) is 16.1. The summed E-state index contributed by atoms with van der Waals surface area (Å²) >= 11 is 0. The maximum absolute atomic E-state index is 13.9. The number of hydrogen-bond donors (Lipinski definition) is 0. The Balaban J connectivity index is 1.40. The van der Waals surface area contributed by atoms with E-state index in [0.29, 0.717) is 24.2 Å². The van der Waals surface area contributed by atoms with Crippen LogP contribution in [0.1, 0.15) is 56.5 Å². The molecule has 1 aliphatic carbocycles. The summed E-state index contributed by atoms with van der Waals surface area (Å²) in [5.41, 5.74) is 3.22. The van der Waals surface area contributed by atoms with Crippen molar-refractivity contribution in [3.05, 3.63) is 59.8 Å². The summed E-state index contributed by atoms with van der Waals surface area (Å²) in [6, 6.07) is 16.2. The molecule has 1 amide bonds. The quantitative estimate of drug-likeness (QED) is 0.421. The number of rotatable bonds is 5. The number of benzene rings is 2. The molecule has 3 heterocycles. The first-order chi connectivity index (χ1) is 19.7. The Bertz CT molecular complexity index is 1700. The lowest BCUT2D eigenvalue weighted by Crippen LogP contribution is -2.50. The van der Waals surface area contributed by atoms with Crippen LogP contribution >= 0.6 is 0 Å². The fourth-order valence-electron chi connectivity index (χ4n) is 5.75. The number of piperazine rings is 1. The Kier molecular flexibility index (Phi) is 6.78. The smallest absolute Gasteiger partial charge is 0.399 e. The summed E-state index contributed by atoms with van der Waals surface area (Å²) in [5, 5.41) is 10.5. The van der Waals surface area contributed by atoms with Crippen molar-refractivity contribution in [3.63, 3.8) is 0 Å². The molecule has 1 saturated carbocycles. The van der Waals surface area contributed by atoms with Crippen molar-refractivity contribution in [1.29, 1.82) is 5.26 Å². The average molecular weight is 587 g/mol. The maximum Gasteiger partial charge on any atom is 0.494 e. The first kappa shape index (κ1) is 28.8. The molecule has 3 fully saturated rings. The highest BCUT2D eigenvalue weighted by Gasteiger charge is 2.51. The Morgan fingerprint density at radius 2 is 1.60 bits per heavy atom. The largest absolute Gasteiger partial charge is 0.494 e. The third-order valence-corrected chi connectivity index (χ3v) is 10.6. The van der Waals surface area contributed by atoms with Crippen LogP contribution in [-0.4, -0.2) is 79.3 Å². The molecule has 2 saturated heterocycles. The highest BCUT2D eigenvalue weighted by atomic mass is 32.2. The molecule has 0 bridgehead atoms. The van der Waals surface area contributed by atoms with Crippen molar-refractivity contribution in [1.82, 2.24) is 14.2 Å². The summed E-state index contributed by atoms with van der Waals surface area (Å²) in [4.78, 5) is 20.3. The van der Waals surface area contributed by atoms with E-state index in [1.165, 1.54) is 10.6 Å². The number of fused-ring (bicyclic) bond motifs is 1. The molecule has 2 aliphatic heterocycles. The standard InChI is InChI=1S/C31H35BN4O5S/c1-29(2)30(3,4)41-32(40-29)23-10-11-24-26(18-23)34-19-25(28(37)35-14-16-36(17-15-35)42(5,38)39)27(24)21-6-8-22(9-7-21)31(20-33)12-13-31/h6-11,18-19H,12-17H2,1-5H3. The second-order valence-electron chi connectivity index (χ2n) is 12.6. The highest BCUT2D eigenvalue weighted by molar-refractivity contribution is 7.88. The van der Waals surface area contributed by atoms with E-state index in [1.807, 2.05) is 70.2 Å². The molecule has 0 atom stereocenters. The van der Waals surface area contributed by atoms with E-state index >= 15 is 0 Å². The van der Waals surface area contributed by atoms with Gasteiger partial charge < -0.3 is 14.2 Å². The van der Waals surface area contributed by atoms with Gasteiger partial charge in [0.15, 0.2) is 0 Å². The van der Waals surface area contributed by atoms with Gasteiger partial charge in [-0.15, -0.1) is 0 Å². The molecule has 0 unspecified atom stereocenters. The number of nitriles is 1. The molecule has 6 rings (SSSR count). The number of pyridine rings is 1. The van der Waals surface area contributed by atoms with Crippen molar-refractivity contribution in [3.8, 4) is 17.2 Å². The van der Waals surface area contributed by atoms with Gasteiger partial charge in [-0.3, -0.25) is 9.78 Å². The lowest BCUT2D eigenvalue weighted by Gasteiger charge is -2.33. The number of carbonyl (C=O) groups excluding carboxylic acids is 1. The predicted octanol–water partition coefficient (Wildman–Crippen LogP) is 3.47. The van der Waals surface area contributed by atoms with Gasteiger partial charge in [-0.05, 0) is 63.2 Å². The molecular weight excluding hydrogens is 551 g/mol. The molecule has 3 aliphatic rings. The lowest BCUT2D eigenvalue weighted by molar-refractivity contribution is 0.00578. The third kappa shape index (κ3) is 4.90. The summed E-state index contributed by atoms with van der Waals surface area (Å²) in [6.07, 6.45) is 4.51. The van der Waals surface area contributed by atoms with Gasteiger partial charge >= 0.3 is 7.12 Å². The normalized spacial score (nSPS) is 21.3. The molecule has 0 radical (unpaired) electrons. The van der Waals surface area contributed by atoms with Crippen LogP contribution in [0.4, 0.5) is 0 Å². The first-order valence-electron chi connectivity index (χ1n) is 14.3. The van der Waals surface area contributed by atoms with E-state index < -0.39 is 33.8 Å². The molecule has 0 spiro atoms. The fraction of sp³-hybridized carbons (Fsp3) is 0.452. The van der Waals surface area contributed by atoms with Gasteiger partial charge in [0.2, 0.25) is 10.0 Å². The molecule has 2 aromatic carbocycles. The molecular formula is C31H35BN4O5S. The average Bonchev–Trinajstić information content (AvgIpc) is 3.72. The van der Waals surface area contributed by atoms with Crippen molar-refractivity contribution < 1.29 is 22.5 Å². The van der Waals surface area contributed by atoms with E-state index in [4.69, 9.17) is 14.3 Å². The monoisotopic (exact) mass is 586 g/mol. The molecule has 1 aromatic heterocycles. The number of carbonyl (C=O) groups is 1. The Hall–Kier alpha value is -3.30. The van der Waals surface area contributed by atoms with Gasteiger partial charge in [-0.25, -0.2) is 8.42 Å². The van der Waals surface area contributed by atoms with Crippen LogP contribution in [0.15, 0.2) is 48.7 Å². The van der Waals surface area contributed by atoms with Crippen LogP contribution in [0.2, 0.25) is 0 Å². The molecule has 3 aromatic rings. The second kappa shape index (κ2) is 9.88. The van der Waals surface area contributed by atoms with Crippen LogP contribution in [0, 0.1) is 11.3 Å². The van der Waals surface area contributed by atoms with E-state index in [9.17, 15) is 18.5 Å². The van der Waals surface area contributed by atoms with Crippen molar-refractivity contribution >= 4 is 39.4 Å². The van der Waals surface area contributed by atoms with E-state index in [0.717, 1.165) is 40.4 Å². The summed E-state index contributed by atoms with van der Waals surface area (Å²) in [6.45, 7) is 9.16. The van der Waals surface area contributed by atoms with Gasteiger partial charge in [-0.2, -0.15) is 9.57 Å². The zero-order chi connectivity index (χ0) is 30.1. The van der Waals surface area contributed by atoms with Gasteiger partial charge in [0, 0.05) is 43.3 Å². The van der Waals surface area contributed by atoms with Crippen LogP contribution in [0.5, 0.6) is 0 Å². The van der Waals surface area contributed by atoms with Crippen LogP contribution < -0.4 is 5.46 Å². The molecule has 0 N–H and O–H groups in total.